The van der Waals surface area contributed by atoms with E-state index in [4.69, 9.17) is 26.3 Å². The van der Waals surface area contributed by atoms with Crippen molar-refractivity contribution in [2.45, 2.75) is 0 Å². The van der Waals surface area contributed by atoms with E-state index in [9.17, 15) is 4.79 Å². The third-order valence-electron chi connectivity index (χ3n) is 2.07. The first-order valence-corrected chi connectivity index (χ1v) is 5.59. The fourth-order valence-corrected chi connectivity index (χ4v) is 1.37. The summed E-state index contributed by atoms with van der Waals surface area (Å²) in [5, 5.41) is 9.38. The Balaban J connectivity index is 2.81. The summed E-state index contributed by atoms with van der Waals surface area (Å²) in [6.07, 6.45) is 1.40. The van der Waals surface area contributed by atoms with Gasteiger partial charge in [0, 0.05) is 12.1 Å². The summed E-state index contributed by atoms with van der Waals surface area (Å²) in [5.41, 5.74) is 0.499. The van der Waals surface area contributed by atoms with Gasteiger partial charge in [-0.15, -0.1) is 0 Å². The fourth-order valence-electron chi connectivity index (χ4n) is 1.18. The van der Waals surface area contributed by atoms with Gasteiger partial charge < -0.3 is 9.47 Å². The van der Waals surface area contributed by atoms with Gasteiger partial charge in [0.05, 0.1) is 6.61 Å². The SMILES string of the molecule is COCCOC(=O)/C(C#N)=C\c1ccccc1Cl. The molecule has 0 aliphatic rings. The van der Waals surface area contributed by atoms with E-state index in [1.807, 2.05) is 0 Å². The van der Waals surface area contributed by atoms with Crippen molar-refractivity contribution in [3.8, 4) is 6.07 Å². The topological polar surface area (TPSA) is 59.3 Å². The van der Waals surface area contributed by atoms with Crippen LogP contribution in [-0.4, -0.2) is 26.3 Å². The summed E-state index contributed by atoms with van der Waals surface area (Å²) in [6.45, 7) is 0.396. The largest absolute Gasteiger partial charge is 0.459 e. The summed E-state index contributed by atoms with van der Waals surface area (Å²) >= 11 is 5.93. The van der Waals surface area contributed by atoms with Gasteiger partial charge in [-0.25, -0.2) is 4.79 Å². The Kier molecular flexibility index (Phi) is 5.92. The number of nitriles is 1. The number of halogens is 1. The first-order chi connectivity index (χ1) is 8.69. The van der Waals surface area contributed by atoms with Crippen LogP contribution in [0.3, 0.4) is 0 Å². The molecule has 5 heteroatoms. The average Bonchev–Trinajstić information content (AvgIpc) is 2.38. The van der Waals surface area contributed by atoms with Gasteiger partial charge in [0.2, 0.25) is 0 Å². The van der Waals surface area contributed by atoms with Crippen LogP contribution in [0.2, 0.25) is 5.02 Å². The smallest absolute Gasteiger partial charge is 0.348 e. The minimum atomic E-state index is -0.686. The van der Waals surface area contributed by atoms with Crippen molar-refractivity contribution >= 4 is 23.6 Å². The normalized spacial score (nSPS) is 10.8. The molecule has 0 atom stereocenters. The molecule has 94 valence electrons. The van der Waals surface area contributed by atoms with E-state index in [0.717, 1.165) is 0 Å². The highest BCUT2D eigenvalue weighted by Crippen LogP contribution is 2.18. The number of nitrogens with zero attached hydrogens (tertiary/aromatic N) is 1. The van der Waals surface area contributed by atoms with E-state index in [0.29, 0.717) is 10.6 Å². The molecule has 1 aromatic carbocycles. The van der Waals surface area contributed by atoms with Crippen LogP contribution in [0, 0.1) is 11.3 Å². The summed E-state index contributed by atoms with van der Waals surface area (Å²) < 4.78 is 9.59. The molecule has 0 heterocycles. The lowest BCUT2D eigenvalue weighted by atomic mass is 10.1. The van der Waals surface area contributed by atoms with Gasteiger partial charge in [-0.1, -0.05) is 29.8 Å². The van der Waals surface area contributed by atoms with Crippen LogP contribution in [0.4, 0.5) is 0 Å². The van der Waals surface area contributed by atoms with Crippen LogP contribution in [0.1, 0.15) is 5.56 Å². The monoisotopic (exact) mass is 265 g/mol. The zero-order valence-corrected chi connectivity index (χ0v) is 10.6. The molecule has 0 aliphatic heterocycles. The van der Waals surface area contributed by atoms with E-state index in [-0.39, 0.29) is 18.8 Å². The van der Waals surface area contributed by atoms with Crippen molar-refractivity contribution in [2.24, 2.45) is 0 Å². The molecule has 4 nitrogen and oxygen atoms in total. The Labute approximate surface area is 110 Å². The second-order valence-corrected chi connectivity index (χ2v) is 3.73. The van der Waals surface area contributed by atoms with Gasteiger partial charge in [-0.2, -0.15) is 5.26 Å². The van der Waals surface area contributed by atoms with Crippen molar-refractivity contribution < 1.29 is 14.3 Å². The maximum Gasteiger partial charge on any atom is 0.348 e. The maximum absolute atomic E-state index is 11.6. The zero-order valence-electron chi connectivity index (χ0n) is 9.85. The molecule has 0 saturated heterocycles. The highest BCUT2D eigenvalue weighted by molar-refractivity contribution is 6.32. The van der Waals surface area contributed by atoms with Crippen molar-refractivity contribution in [2.75, 3.05) is 20.3 Å². The lowest BCUT2D eigenvalue weighted by Crippen LogP contribution is -2.11. The highest BCUT2D eigenvalue weighted by atomic mass is 35.5. The molecule has 0 spiro atoms. The van der Waals surface area contributed by atoms with Gasteiger partial charge >= 0.3 is 5.97 Å². The standard InChI is InChI=1S/C13H12ClNO3/c1-17-6-7-18-13(16)11(9-15)8-10-4-2-3-5-12(10)14/h2-5,8H,6-7H2,1H3/b11-8-. The first kappa shape index (κ1) is 14.2. The molecule has 1 rings (SSSR count). The first-order valence-electron chi connectivity index (χ1n) is 5.21. The summed E-state index contributed by atoms with van der Waals surface area (Å²) in [6, 6.07) is 8.71. The zero-order chi connectivity index (χ0) is 13.4. The quantitative estimate of drug-likeness (QED) is 0.355. The molecular weight excluding hydrogens is 254 g/mol. The van der Waals surface area contributed by atoms with Crippen LogP contribution in [0.25, 0.3) is 6.08 Å². The van der Waals surface area contributed by atoms with Crippen molar-refractivity contribution in [3.63, 3.8) is 0 Å². The second-order valence-electron chi connectivity index (χ2n) is 3.32. The lowest BCUT2D eigenvalue weighted by Gasteiger charge is -2.03. The number of rotatable bonds is 5. The molecule has 0 fully saturated rings. The van der Waals surface area contributed by atoms with E-state index in [1.165, 1.54) is 13.2 Å². The van der Waals surface area contributed by atoms with E-state index < -0.39 is 5.97 Å². The van der Waals surface area contributed by atoms with Crippen LogP contribution < -0.4 is 0 Å². The predicted molar refractivity (Wildman–Crippen MR) is 67.9 cm³/mol. The number of carbonyl (C=O) groups is 1. The number of methoxy groups -OCH3 is 1. The molecule has 18 heavy (non-hydrogen) atoms. The minimum absolute atomic E-state index is 0.0980. The highest BCUT2D eigenvalue weighted by Gasteiger charge is 2.11. The lowest BCUT2D eigenvalue weighted by molar-refractivity contribution is -0.139. The molecule has 0 aromatic heterocycles. The molecule has 1 aromatic rings. The molecule has 0 unspecified atom stereocenters. The van der Waals surface area contributed by atoms with Gasteiger partial charge in [0.15, 0.2) is 0 Å². The van der Waals surface area contributed by atoms with Crippen LogP contribution in [0.15, 0.2) is 29.8 Å². The summed E-state index contributed by atoms with van der Waals surface area (Å²) in [4.78, 5) is 11.6. The molecular formula is C13H12ClNO3. The van der Waals surface area contributed by atoms with Crippen molar-refractivity contribution in [1.82, 2.24) is 0 Å². The third kappa shape index (κ3) is 4.21. The number of hydrogen-bond acceptors (Lipinski definition) is 4. The van der Waals surface area contributed by atoms with E-state index in [2.05, 4.69) is 0 Å². The number of benzene rings is 1. The molecule has 0 saturated carbocycles. The van der Waals surface area contributed by atoms with Crippen LogP contribution >= 0.6 is 11.6 Å². The summed E-state index contributed by atoms with van der Waals surface area (Å²) in [7, 11) is 1.50. The Hall–Kier alpha value is -1.83. The van der Waals surface area contributed by atoms with Crippen molar-refractivity contribution in [1.29, 1.82) is 5.26 Å². The van der Waals surface area contributed by atoms with E-state index in [1.54, 1.807) is 30.3 Å². The number of ether oxygens (including phenoxy) is 2. The Morgan fingerprint density at radius 3 is 2.78 bits per heavy atom. The Bertz CT molecular complexity index is 491. The maximum atomic E-state index is 11.6. The molecule has 0 amide bonds. The average molecular weight is 266 g/mol. The Morgan fingerprint density at radius 2 is 2.17 bits per heavy atom. The molecule has 0 bridgehead atoms. The molecule has 0 N–H and O–H groups in total. The van der Waals surface area contributed by atoms with Gasteiger partial charge in [-0.3, -0.25) is 0 Å². The van der Waals surface area contributed by atoms with Crippen LogP contribution in [-0.2, 0) is 14.3 Å². The molecule has 0 aliphatic carbocycles. The Morgan fingerprint density at radius 1 is 1.44 bits per heavy atom. The minimum Gasteiger partial charge on any atom is -0.459 e. The second kappa shape index (κ2) is 7.49. The van der Waals surface area contributed by atoms with Gasteiger partial charge in [-0.05, 0) is 17.7 Å². The van der Waals surface area contributed by atoms with E-state index >= 15 is 0 Å². The van der Waals surface area contributed by atoms with Crippen LogP contribution in [0.5, 0.6) is 0 Å². The predicted octanol–water partition coefficient (Wildman–Crippen LogP) is 2.44. The third-order valence-corrected chi connectivity index (χ3v) is 2.41. The summed E-state index contributed by atoms with van der Waals surface area (Å²) in [5.74, 6) is -0.686. The van der Waals surface area contributed by atoms with Crippen molar-refractivity contribution in [3.05, 3.63) is 40.4 Å². The number of esters is 1. The van der Waals surface area contributed by atoms with Gasteiger partial charge in [0.25, 0.3) is 0 Å². The molecule has 0 radical (unpaired) electrons. The number of hydrogen-bond donors (Lipinski definition) is 0. The fraction of sp³-hybridized carbons (Fsp3) is 0.231. The number of carbonyl (C=O) groups excluding carboxylic acids is 1. The van der Waals surface area contributed by atoms with Gasteiger partial charge in [0.1, 0.15) is 18.2 Å².